The van der Waals surface area contributed by atoms with Crippen molar-refractivity contribution in [1.29, 1.82) is 0 Å². The quantitative estimate of drug-likeness (QED) is 0.318. The second-order valence-electron chi connectivity index (χ2n) is 8.22. The summed E-state index contributed by atoms with van der Waals surface area (Å²) in [4.78, 5) is 12.2. The fraction of sp³-hybridized carbons (Fsp3) is 0.650. The number of esters is 1. The van der Waals surface area contributed by atoms with Gasteiger partial charge in [0.25, 0.3) is 0 Å². The minimum Gasteiger partial charge on any atom is -0.464 e. The number of sulfonamides is 1. The maximum Gasteiger partial charge on any atom is 0.430 e. The maximum absolute atomic E-state index is 14.6. The molecule has 0 aromatic heterocycles. The predicted molar refractivity (Wildman–Crippen MR) is 116 cm³/mol. The van der Waals surface area contributed by atoms with E-state index in [4.69, 9.17) is 9.05 Å². The van der Waals surface area contributed by atoms with Crippen molar-refractivity contribution in [3.05, 3.63) is 29.8 Å². The Bertz CT molecular complexity index is 933. The summed E-state index contributed by atoms with van der Waals surface area (Å²) in [6.45, 7) is 7.62. The number of hydrogen-bond acceptors (Lipinski definition) is 7. The van der Waals surface area contributed by atoms with Gasteiger partial charge >= 0.3 is 25.0 Å². The van der Waals surface area contributed by atoms with Crippen LogP contribution in [0, 0.1) is 18.8 Å². The molecule has 0 heterocycles. The van der Waals surface area contributed by atoms with E-state index in [-0.39, 0.29) is 0 Å². The van der Waals surface area contributed by atoms with Crippen LogP contribution in [0.2, 0.25) is 0 Å². The number of nitrogens with one attached hydrogen (secondary N) is 1. The highest BCUT2D eigenvalue weighted by Crippen LogP contribution is 2.65. The number of rotatable bonds is 12. The van der Waals surface area contributed by atoms with E-state index in [0.29, 0.717) is 5.56 Å². The second-order valence-corrected chi connectivity index (χ2v) is 12.1. The van der Waals surface area contributed by atoms with Gasteiger partial charge in [-0.1, -0.05) is 45.4 Å². The minimum atomic E-state index is -5.75. The number of halogens is 3. The molecule has 0 aliphatic rings. The standard InChI is InChI=1S/C20H31F3NO7PS/c1-7-29-18(25)19(20(21,22)23,24-33(27,28)17-10-8-16(6)9-11-17)32(26,30-12-14(2)3)31-13-15(4)5/h8-11,14-15,24H,7,12-13H2,1-6H3/t19-/m1/s1. The van der Waals surface area contributed by atoms with E-state index in [1.54, 1.807) is 34.6 Å². The fourth-order valence-electron chi connectivity index (χ4n) is 2.47. The van der Waals surface area contributed by atoms with Crippen LogP contribution < -0.4 is 4.72 Å². The first-order valence-corrected chi connectivity index (χ1v) is 13.3. The monoisotopic (exact) mass is 517 g/mol. The lowest BCUT2D eigenvalue weighted by molar-refractivity contribution is -0.195. The van der Waals surface area contributed by atoms with E-state index < -0.39 is 71.6 Å². The third-order valence-electron chi connectivity index (χ3n) is 4.16. The van der Waals surface area contributed by atoms with Crippen LogP contribution in [0.15, 0.2) is 29.2 Å². The molecule has 8 nitrogen and oxygen atoms in total. The zero-order valence-corrected chi connectivity index (χ0v) is 21.1. The van der Waals surface area contributed by atoms with Crippen LogP contribution in [0.3, 0.4) is 0 Å². The van der Waals surface area contributed by atoms with Gasteiger partial charge in [0.05, 0.1) is 24.7 Å². The molecule has 0 radical (unpaired) electrons. The summed E-state index contributed by atoms with van der Waals surface area (Å²) >= 11 is 0. The normalized spacial score (nSPS) is 15.0. The van der Waals surface area contributed by atoms with Crippen LogP contribution in [-0.4, -0.2) is 45.7 Å². The van der Waals surface area contributed by atoms with Crippen molar-refractivity contribution in [2.75, 3.05) is 19.8 Å². The van der Waals surface area contributed by atoms with Gasteiger partial charge in [-0.3, -0.25) is 4.57 Å². The molecule has 0 bridgehead atoms. The van der Waals surface area contributed by atoms with Crippen LogP contribution in [-0.2, 0) is 33.2 Å². The average Bonchev–Trinajstić information content (AvgIpc) is 2.68. The van der Waals surface area contributed by atoms with E-state index in [1.165, 1.54) is 23.8 Å². The molecular formula is C20H31F3NO7PS. The molecule has 13 heteroatoms. The third kappa shape index (κ3) is 7.02. The molecule has 1 rings (SSSR count). The first-order valence-electron chi connectivity index (χ1n) is 10.3. The molecule has 1 atom stereocenters. The van der Waals surface area contributed by atoms with Gasteiger partial charge in [-0.25, -0.2) is 13.2 Å². The molecule has 1 aromatic carbocycles. The topological polar surface area (TPSA) is 108 Å². The molecule has 0 aliphatic heterocycles. The van der Waals surface area contributed by atoms with E-state index >= 15 is 0 Å². The van der Waals surface area contributed by atoms with Crippen LogP contribution in [0.4, 0.5) is 13.2 Å². The zero-order chi connectivity index (χ0) is 25.7. The van der Waals surface area contributed by atoms with Crippen molar-refractivity contribution in [1.82, 2.24) is 4.72 Å². The smallest absolute Gasteiger partial charge is 0.430 e. The molecule has 190 valence electrons. The predicted octanol–water partition coefficient (Wildman–Crippen LogP) is 4.63. The SMILES string of the molecule is CCOC(=O)[C@](NS(=O)(=O)c1ccc(C)cc1)(C(F)(F)F)P(=O)(OCC(C)C)OCC(C)C. The van der Waals surface area contributed by atoms with E-state index in [2.05, 4.69) is 4.74 Å². The highest BCUT2D eigenvalue weighted by molar-refractivity contribution is 7.90. The zero-order valence-electron chi connectivity index (χ0n) is 19.4. The first kappa shape index (κ1) is 29.6. The van der Waals surface area contributed by atoms with Gasteiger partial charge in [-0.2, -0.15) is 17.9 Å². The molecule has 0 spiro atoms. The summed E-state index contributed by atoms with van der Waals surface area (Å²) in [5.41, 5.74) is 0.646. The maximum atomic E-state index is 14.6. The van der Waals surface area contributed by atoms with E-state index in [1.807, 2.05) is 0 Å². The van der Waals surface area contributed by atoms with E-state index in [9.17, 15) is 30.9 Å². The van der Waals surface area contributed by atoms with Gasteiger partial charge in [0, 0.05) is 0 Å². The molecule has 1 N–H and O–H groups in total. The number of carbonyl (C=O) groups is 1. The molecule has 0 amide bonds. The number of alkyl halides is 3. The molecule has 0 fully saturated rings. The Morgan fingerprint density at radius 3 is 1.85 bits per heavy atom. The summed E-state index contributed by atoms with van der Waals surface area (Å²) in [7, 11) is -10.6. The number of carbonyl (C=O) groups excluding carboxylic acids is 1. The number of aryl methyl sites for hydroxylation is 1. The molecule has 0 saturated heterocycles. The fourth-order valence-corrected chi connectivity index (χ4v) is 6.53. The van der Waals surface area contributed by atoms with Gasteiger partial charge < -0.3 is 13.8 Å². The molecule has 0 aliphatic carbocycles. The summed E-state index contributed by atoms with van der Waals surface area (Å²) in [6.07, 6.45) is -5.75. The van der Waals surface area contributed by atoms with Crippen molar-refractivity contribution >= 4 is 23.6 Å². The van der Waals surface area contributed by atoms with Gasteiger partial charge in [-0.05, 0) is 37.8 Å². The van der Waals surface area contributed by atoms with Gasteiger partial charge in [-0.15, -0.1) is 0 Å². The Labute approximate surface area is 192 Å². The Hall–Kier alpha value is -1.46. The first-order chi connectivity index (χ1) is 15.0. The van der Waals surface area contributed by atoms with Gasteiger partial charge in [0.1, 0.15) is 0 Å². The second kappa shape index (κ2) is 11.3. The average molecular weight is 518 g/mol. The lowest BCUT2D eigenvalue weighted by atomic mass is 10.2. The Balaban J connectivity index is 3.84. The molecule has 0 unspecified atom stereocenters. The third-order valence-corrected chi connectivity index (χ3v) is 8.13. The highest BCUT2D eigenvalue weighted by Gasteiger charge is 2.76. The Morgan fingerprint density at radius 1 is 1.03 bits per heavy atom. The summed E-state index contributed by atoms with van der Waals surface area (Å²) in [5, 5.41) is -4.33. The van der Waals surface area contributed by atoms with Crippen molar-refractivity contribution in [2.24, 2.45) is 11.8 Å². The number of ether oxygens (including phenoxy) is 1. The van der Waals surface area contributed by atoms with Gasteiger partial charge in [0.2, 0.25) is 10.0 Å². The van der Waals surface area contributed by atoms with Crippen LogP contribution in [0.25, 0.3) is 0 Å². The lowest BCUT2D eigenvalue weighted by Gasteiger charge is -2.38. The molecule has 1 aromatic rings. The summed E-state index contributed by atoms with van der Waals surface area (Å²) < 4.78 is 99.7. The number of hydrogen-bond donors (Lipinski definition) is 1. The number of benzene rings is 1. The minimum absolute atomic E-state index is 0.414. The largest absolute Gasteiger partial charge is 0.464 e. The van der Waals surface area contributed by atoms with Crippen molar-refractivity contribution in [2.45, 2.75) is 57.9 Å². The summed E-state index contributed by atoms with van der Waals surface area (Å²) in [5.74, 6) is -2.96. The lowest BCUT2D eigenvalue weighted by Crippen LogP contribution is -2.64. The van der Waals surface area contributed by atoms with Crippen LogP contribution >= 0.6 is 7.60 Å². The van der Waals surface area contributed by atoms with Crippen molar-refractivity contribution in [3.8, 4) is 0 Å². The Kier molecular flexibility index (Phi) is 10.1. The van der Waals surface area contributed by atoms with Crippen molar-refractivity contribution < 1.29 is 44.7 Å². The van der Waals surface area contributed by atoms with E-state index in [0.717, 1.165) is 12.1 Å². The molecular weight excluding hydrogens is 486 g/mol. The summed E-state index contributed by atoms with van der Waals surface area (Å²) in [6, 6.07) is 4.83. The van der Waals surface area contributed by atoms with Crippen LogP contribution in [0.1, 0.15) is 40.2 Å². The molecule has 33 heavy (non-hydrogen) atoms. The van der Waals surface area contributed by atoms with Crippen molar-refractivity contribution in [3.63, 3.8) is 0 Å². The van der Waals surface area contributed by atoms with Gasteiger partial charge in [0.15, 0.2) is 0 Å². The van der Waals surface area contributed by atoms with Crippen LogP contribution in [0.5, 0.6) is 0 Å². The Morgan fingerprint density at radius 2 is 1.48 bits per heavy atom. The molecule has 0 saturated carbocycles. The highest BCUT2D eigenvalue weighted by atomic mass is 32.2.